The smallest absolute Gasteiger partial charge is 0.0828 e. The van der Waals surface area contributed by atoms with Gasteiger partial charge in [0.05, 0.1) is 0 Å². The standard InChI is InChI=1S/C18H36B2/c1-2-3-4-5-8-13-18(19-14-9-6-10-15-19)20-16-11-7-12-17-20/h18H,2-17H2,1H3. The van der Waals surface area contributed by atoms with E-state index in [1.807, 2.05) is 0 Å². The van der Waals surface area contributed by atoms with Gasteiger partial charge in [0, 0.05) is 0 Å². The Morgan fingerprint density at radius 2 is 1.15 bits per heavy atom. The maximum absolute atomic E-state index is 2.33. The molecule has 2 aliphatic heterocycles. The third-order valence-electron chi connectivity index (χ3n) is 6.15. The molecule has 0 saturated carbocycles. The second kappa shape index (κ2) is 9.96. The predicted molar refractivity (Wildman–Crippen MR) is 95.6 cm³/mol. The first kappa shape index (κ1) is 16.5. The molecule has 2 rings (SSSR count). The van der Waals surface area contributed by atoms with Crippen molar-refractivity contribution in [3.63, 3.8) is 0 Å². The van der Waals surface area contributed by atoms with Gasteiger partial charge in [-0.15, -0.1) is 0 Å². The molecule has 20 heavy (non-hydrogen) atoms. The first-order valence-electron chi connectivity index (χ1n) is 9.92. The molecule has 2 heterocycles. The third-order valence-corrected chi connectivity index (χ3v) is 6.15. The lowest BCUT2D eigenvalue weighted by molar-refractivity contribution is 0.604. The molecular weight excluding hydrogens is 238 g/mol. The molecule has 0 aromatic rings. The van der Waals surface area contributed by atoms with Crippen LogP contribution in [0, 0.1) is 0 Å². The number of rotatable bonds is 8. The molecule has 2 aliphatic rings. The highest BCUT2D eigenvalue weighted by atomic mass is 14.1. The summed E-state index contributed by atoms with van der Waals surface area (Å²) in [5, 5.41) is 0. The lowest BCUT2D eigenvalue weighted by Gasteiger charge is -2.34. The Bertz CT molecular complexity index is 212. The van der Waals surface area contributed by atoms with Crippen LogP contribution < -0.4 is 0 Å². The first-order valence-corrected chi connectivity index (χ1v) is 9.92. The van der Waals surface area contributed by atoms with Crippen molar-refractivity contribution in [2.24, 2.45) is 0 Å². The summed E-state index contributed by atoms with van der Waals surface area (Å²) >= 11 is 0. The van der Waals surface area contributed by atoms with Crippen molar-refractivity contribution in [3.8, 4) is 0 Å². The van der Waals surface area contributed by atoms with E-state index >= 15 is 0 Å². The maximum Gasteiger partial charge on any atom is 0.135 e. The van der Waals surface area contributed by atoms with Crippen molar-refractivity contribution in [2.45, 2.75) is 115 Å². The van der Waals surface area contributed by atoms with E-state index in [1.165, 1.54) is 70.6 Å². The van der Waals surface area contributed by atoms with E-state index in [2.05, 4.69) is 6.92 Å². The van der Waals surface area contributed by atoms with E-state index in [1.54, 1.807) is 31.7 Å². The second-order valence-corrected chi connectivity index (χ2v) is 7.66. The Labute approximate surface area is 129 Å². The minimum absolute atomic E-state index is 1.11. The summed E-state index contributed by atoms with van der Waals surface area (Å²) in [6.45, 7) is 4.54. The van der Waals surface area contributed by atoms with Crippen LogP contribution in [0.3, 0.4) is 0 Å². The summed E-state index contributed by atoms with van der Waals surface area (Å²) in [6.07, 6.45) is 24.3. The van der Waals surface area contributed by atoms with Crippen LogP contribution in [0.5, 0.6) is 0 Å². The van der Waals surface area contributed by atoms with Crippen LogP contribution in [0.25, 0.3) is 0 Å². The van der Waals surface area contributed by atoms with Crippen molar-refractivity contribution in [1.29, 1.82) is 0 Å². The van der Waals surface area contributed by atoms with Crippen molar-refractivity contribution >= 4 is 13.4 Å². The molecule has 114 valence electrons. The quantitative estimate of drug-likeness (QED) is 0.345. The van der Waals surface area contributed by atoms with Gasteiger partial charge >= 0.3 is 0 Å². The van der Waals surface area contributed by atoms with E-state index in [9.17, 15) is 0 Å². The molecule has 0 amide bonds. The zero-order chi connectivity index (χ0) is 14.0. The van der Waals surface area contributed by atoms with Gasteiger partial charge < -0.3 is 0 Å². The molecule has 0 aliphatic carbocycles. The average Bonchev–Trinajstić information content (AvgIpc) is 2.53. The van der Waals surface area contributed by atoms with Gasteiger partial charge in [-0.25, -0.2) is 0 Å². The van der Waals surface area contributed by atoms with Crippen molar-refractivity contribution in [2.75, 3.05) is 0 Å². The molecule has 2 heteroatoms. The fourth-order valence-corrected chi connectivity index (χ4v) is 4.96. The van der Waals surface area contributed by atoms with Crippen LogP contribution in [0.1, 0.15) is 84.0 Å². The molecule has 0 nitrogen and oxygen atoms in total. The summed E-state index contributed by atoms with van der Waals surface area (Å²) in [5.74, 6) is 0. The average molecular weight is 274 g/mol. The maximum atomic E-state index is 2.33. The van der Waals surface area contributed by atoms with Crippen LogP contribution in [-0.2, 0) is 0 Å². The first-order chi connectivity index (χ1) is 9.92. The lowest BCUT2D eigenvalue weighted by Crippen LogP contribution is -2.35. The van der Waals surface area contributed by atoms with Crippen molar-refractivity contribution < 1.29 is 0 Å². The normalized spacial score (nSPS) is 20.7. The molecule has 0 N–H and O–H groups in total. The Kier molecular flexibility index (Phi) is 8.21. The highest BCUT2D eigenvalue weighted by Gasteiger charge is 2.34. The van der Waals surface area contributed by atoms with Gasteiger partial charge in [-0.2, -0.15) is 0 Å². The van der Waals surface area contributed by atoms with Gasteiger partial charge in [-0.3, -0.25) is 0 Å². The SMILES string of the molecule is CCCCCCCC(B1CCCCC1)B1CCCCC1. The number of unbranched alkanes of at least 4 members (excludes halogenated alkanes) is 4. The van der Waals surface area contributed by atoms with Crippen LogP contribution in [0.15, 0.2) is 0 Å². The number of hydrogen-bond donors (Lipinski definition) is 0. The van der Waals surface area contributed by atoms with Gasteiger partial charge in [-0.1, -0.05) is 115 Å². The molecule has 2 saturated heterocycles. The lowest BCUT2D eigenvalue weighted by atomic mass is 9.16. The van der Waals surface area contributed by atoms with E-state index < -0.39 is 0 Å². The summed E-state index contributed by atoms with van der Waals surface area (Å²) in [6, 6.07) is 0. The molecule has 0 aromatic heterocycles. The summed E-state index contributed by atoms with van der Waals surface area (Å²) < 4.78 is 0. The summed E-state index contributed by atoms with van der Waals surface area (Å²) in [4.78, 5) is 0. The monoisotopic (exact) mass is 274 g/mol. The van der Waals surface area contributed by atoms with Crippen LogP contribution in [-0.4, -0.2) is 13.4 Å². The zero-order valence-corrected chi connectivity index (χ0v) is 14.0. The van der Waals surface area contributed by atoms with E-state index in [0.717, 1.165) is 19.1 Å². The van der Waals surface area contributed by atoms with Gasteiger partial charge in [0.2, 0.25) is 0 Å². The second-order valence-electron chi connectivity index (χ2n) is 7.66. The molecule has 0 bridgehead atoms. The Hall–Kier alpha value is 0.130. The Morgan fingerprint density at radius 1 is 0.650 bits per heavy atom. The van der Waals surface area contributed by atoms with E-state index in [0.29, 0.717) is 0 Å². The highest BCUT2D eigenvalue weighted by molar-refractivity contribution is 6.80. The minimum atomic E-state index is 1.11. The molecule has 0 unspecified atom stereocenters. The molecule has 2 fully saturated rings. The van der Waals surface area contributed by atoms with Gasteiger partial charge in [0.25, 0.3) is 0 Å². The van der Waals surface area contributed by atoms with E-state index in [-0.39, 0.29) is 0 Å². The zero-order valence-electron chi connectivity index (χ0n) is 14.0. The van der Waals surface area contributed by atoms with Crippen LogP contribution >= 0.6 is 0 Å². The topological polar surface area (TPSA) is 0 Å². The van der Waals surface area contributed by atoms with Gasteiger partial charge in [-0.05, 0) is 0 Å². The van der Waals surface area contributed by atoms with Crippen LogP contribution in [0.2, 0.25) is 31.0 Å². The van der Waals surface area contributed by atoms with Crippen molar-refractivity contribution in [1.82, 2.24) is 0 Å². The molecule has 0 aromatic carbocycles. The predicted octanol–water partition coefficient (Wildman–Crippen LogP) is 6.61. The highest BCUT2D eigenvalue weighted by Crippen LogP contribution is 2.38. The van der Waals surface area contributed by atoms with Crippen molar-refractivity contribution in [3.05, 3.63) is 0 Å². The molecular formula is C18H36B2. The fourth-order valence-electron chi connectivity index (χ4n) is 4.96. The number of hydrogen-bond acceptors (Lipinski definition) is 0. The Morgan fingerprint density at radius 3 is 1.65 bits per heavy atom. The Balaban J connectivity index is 1.78. The molecule has 0 radical (unpaired) electrons. The van der Waals surface area contributed by atoms with Crippen LogP contribution in [0.4, 0.5) is 0 Å². The minimum Gasteiger partial charge on any atom is -0.0828 e. The fraction of sp³-hybridized carbons (Fsp3) is 1.00. The van der Waals surface area contributed by atoms with E-state index in [4.69, 9.17) is 0 Å². The summed E-state index contributed by atoms with van der Waals surface area (Å²) in [7, 11) is 0. The summed E-state index contributed by atoms with van der Waals surface area (Å²) in [5.41, 5.74) is 1.11. The third kappa shape index (κ3) is 5.49. The van der Waals surface area contributed by atoms with Gasteiger partial charge in [0.15, 0.2) is 0 Å². The molecule has 0 spiro atoms. The largest absolute Gasteiger partial charge is 0.135 e. The molecule has 0 atom stereocenters. The van der Waals surface area contributed by atoms with Gasteiger partial charge in [0.1, 0.15) is 13.4 Å².